The van der Waals surface area contributed by atoms with Crippen LogP contribution < -0.4 is 0 Å². The van der Waals surface area contributed by atoms with Gasteiger partial charge >= 0.3 is 0 Å². The van der Waals surface area contributed by atoms with Gasteiger partial charge in [-0.3, -0.25) is 4.79 Å². The van der Waals surface area contributed by atoms with Crippen LogP contribution in [0.3, 0.4) is 0 Å². The first kappa shape index (κ1) is 18.7. The number of unbranched alkanes of at least 4 members (excludes halogenated alkanes) is 1. The van der Waals surface area contributed by atoms with Crippen LogP contribution in [-0.2, 0) is 14.8 Å². The molecule has 0 bridgehead atoms. The van der Waals surface area contributed by atoms with E-state index in [2.05, 4.69) is 6.92 Å². The smallest absolute Gasteiger partial charge is 0.267 e. The van der Waals surface area contributed by atoms with E-state index in [1.54, 1.807) is 18.2 Å². The summed E-state index contributed by atoms with van der Waals surface area (Å²) in [7, 11) is -3.91. The van der Waals surface area contributed by atoms with E-state index in [1.807, 2.05) is 54.6 Å². The van der Waals surface area contributed by atoms with Gasteiger partial charge in [-0.1, -0.05) is 80.4 Å². The Morgan fingerprint density at radius 1 is 0.893 bits per heavy atom. The fourth-order valence-electron chi connectivity index (χ4n) is 3.95. The number of carbonyl (C=O) groups excluding carboxylic acids is 1. The summed E-state index contributed by atoms with van der Waals surface area (Å²) in [6, 6.07) is 21.7. The number of benzene rings is 3. The quantitative estimate of drug-likeness (QED) is 0.559. The molecule has 3 aromatic rings. The zero-order valence-corrected chi connectivity index (χ0v) is 16.6. The van der Waals surface area contributed by atoms with Crippen LogP contribution in [0.15, 0.2) is 77.7 Å². The average Bonchev–Trinajstić information content (AvgIpc) is 2.72. The number of sulfonamides is 1. The van der Waals surface area contributed by atoms with Gasteiger partial charge in [0.25, 0.3) is 10.0 Å². The van der Waals surface area contributed by atoms with E-state index in [0.29, 0.717) is 6.42 Å². The highest BCUT2D eigenvalue weighted by atomic mass is 32.2. The van der Waals surface area contributed by atoms with Crippen LogP contribution in [0.1, 0.15) is 37.8 Å². The second kappa shape index (κ2) is 7.40. The molecular weight excluding hydrogens is 370 g/mol. The van der Waals surface area contributed by atoms with E-state index in [9.17, 15) is 13.2 Å². The normalized spacial score (nSPS) is 19.6. The van der Waals surface area contributed by atoms with Gasteiger partial charge in [-0.15, -0.1) is 0 Å². The minimum atomic E-state index is -3.91. The predicted molar refractivity (Wildman–Crippen MR) is 110 cm³/mol. The highest BCUT2D eigenvalue weighted by molar-refractivity contribution is 7.89. The molecule has 3 aromatic carbocycles. The Bertz CT molecular complexity index is 1110. The molecule has 0 spiro atoms. The number of nitrogens with zero attached hydrogens (tertiary/aromatic N) is 1. The van der Waals surface area contributed by atoms with Crippen molar-refractivity contribution in [1.82, 2.24) is 4.31 Å². The highest BCUT2D eigenvalue weighted by Crippen LogP contribution is 2.46. The molecule has 28 heavy (non-hydrogen) atoms. The summed E-state index contributed by atoms with van der Waals surface area (Å²) in [4.78, 5) is 13.0. The van der Waals surface area contributed by atoms with Crippen LogP contribution in [-0.4, -0.2) is 18.6 Å². The Hall–Kier alpha value is -2.66. The fourth-order valence-corrected chi connectivity index (χ4v) is 5.63. The number of β-lactam (4-membered cyclic amide) rings is 1. The van der Waals surface area contributed by atoms with E-state index in [-0.39, 0.29) is 16.7 Å². The second-order valence-corrected chi connectivity index (χ2v) is 9.07. The number of amides is 1. The summed E-state index contributed by atoms with van der Waals surface area (Å²) < 4.78 is 27.8. The molecule has 0 radical (unpaired) electrons. The monoisotopic (exact) mass is 393 g/mol. The molecule has 4 nitrogen and oxygen atoms in total. The van der Waals surface area contributed by atoms with Gasteiger partial charge in [-0.05, 0) is 34.9 Å². The van der Waals surface area contributed by atoms with E-state index in [1.165, 1.54) is 0 Å². The molecule has 2 unspecified atom stereocenters. The Morgan fingerprint density at radius 3 is 2.29 bits per heavy atom. The fraction of sp³-hybridized carbons (Fsp3) is 0.261. The summed E-state index contributed by atoms with van der Waals surface area (Å²) >= 11 is 0. The number of rotatable bonds is 6. The van der Waals surface area contributed by atoms with Gasteiger partial charge in [0, 0.05) is 0 Å². The van der Waals surface area contributed by atoms with Crippen LogP contribution >= 0.6 is 0 Å². The first-order valence-electron chi connectivity index (χ1n) is 9.66. The minimum absolute atomic E-state index is 0.162. The summed E-state index contributed by atoms with van der Waals surface area (Å²) in [6.07, 6.45) is 2.59. The molecule has 5 heteroatoms. The Balaban J connectivity index is 1.74. The number of carbonyl (C=O) groups is 1. The van der Waals surface area contributed by atoms with E-state index in [0.717, 1.165) is 33.5 Å². The Kier molecular flexibility index (Phi) is 4.94. The molecule has 144 valence electrons. The van der Waals surface area contributed by atoms with Gasteiger partial charge in [-0.2, -0.15) is 0 Å². The maximum Gasteiger partial charge on any atom is 0.267 e. The third-order valence-electron chi connectivity index (χ3n) is 5.46. The van der Waals surface area contributed by atoms with Crippen molar-refractivity contribution in [2.45, 2.75) is 37.1 Å². The number of hydrogen-bond acceptors (Lipinski definition) is 3. The molecule has 1 fully saturated rings. The van der Waals surface area contributed by atoms with Crippen molar-refractivity contribution in [1.29, 1.82) is 0 Å². The van der Waals surface area contributed by atoms with E-state index in [4.69, 9.17) is 0 Å². The largest absolute Gasteiger partial charge is 0.273 e. The van der Waals surface area contributed by atoms with Gasteiger partial charge in [0.05, 0.1) is 16.9 Å². The zero-order valence-electron chi connectivity index (χ0n) is 15.8. The lowest BCUT2D eigenvalue weighted by atomic mass is 9.81. The van der Waals surface area contributed by atoms with Crippen LogP contribution in [0, 0.1) is 5.92 Å². The summed E-state index contributed by atoms with van der Waals surface area (Å²) in [5.41, 5.74) is 0.868. The third kappa shape index (κ3) is 3.10. The lowest BCUT2D eigenvalue weighted by Crippen LogP contribution is -2.57. The lowest BCUT2D eigenvalue weighted by molar-refractivity contribution is -0.147. The molecule has 0 saturated carbocycles. The predicted octanol–water partition coefficient (Wildman–Crippen LogP) is 4.92. The molecule has 0 aliphatic carbocycles. The van der Waals surface area contributed by atoms with Gasteiger partial charge in [0.1, 0.15) is 0 Å². The van der Waals surface area contributed by atoms with Gasteiger partial charge in [0.2, 0.25) is 5.91 Å². The molecule has 2 atom stereocenters. The van der Waals surface area contributed by atoms with Crippen molar-refractivity contribution in [2.75, 3.05) is 0 Å². The van der Waals surface area contributed by atoms with Crippen molar-refractivity contribution in [3.05, 3.63) is 78.4 Å². The first-order valence-corrected chi connectivity index (χ1v) is 11.1. The van der Waals surface area contributed by atoms with Crippen LogP contribution in [0.2, 0.25) is 0 Å². The Labute approximate surface area is 165 Å². The number of hydrogen-bond donors (Lipinski definition) is 0. The summed E-state index contributed by atoms with van der Waals surface area (Å²) in [5.74, 6) is -0.576. The topological polar surface area (TPSA) is 54.5 Å². The van der Waals surface area contributed by atoms with Crippen molar-refractivity contribution in [3.8, 4) is 0 Å². The standard InChI is InChI=1S/C23H23NO3S/c1-2-3-13-21-22(18-10-5-4-6-11-18)24(23(21)25)28(26,27)20-15-14-17-9-7-8-12-19(17)16-20/h4-12,14-16,21-22H,2-3,13H2,1H3. The maximum atomic E-state index is 13.4. The zero-order chi connectivity index (χ0) is 19.7. The third-order valence-corrected chi connectivity index (χ3v) is 7.23. The Morgan fingerprint density at radius 2 is 1.57 bits per heavy atom. The first-order chi connectivity index (χ1) is 13.5. The molecule has 1 saturated heterocycles. The highest BCUT2D eigenvalue weighted by Gasteiger charge is 2.53. The summed E-state index contributed by atoms with van der Waals surface area (Å²) in [6.45, 7) is 2.07. The van der Waals surface area contributed by atoms with Crippen molar-refractivity contribution >= 4 is 26.7 Å². The molecule has 1 aliphatic heterocycles. The lowest BCUT2D eigenvalue weighted by Gasteiger charge is -2.46. The van der Waals surface area contributed by atoms with Crippen molar-refractivity contribution in [3.63, 3.8) is 0 Å². The van der Waals surface area contributed by atoms with Gasteiger partial charge in [-0.25, -0.2) is 12.7 Å². The van der Waals surface area contributed by atoms with Crippen molar-refractivity contribution < 1.29 is 13.2 Å². The van der Waals surface area contributed by atoms with Crippen LogP contribution in [0.4, 0.5) is 0 Å². The van der Waals surface area contributed by atoms with E-state index < -0.39 is 16.1 Å². The SMILES string of the molecule is CCCCC1C(=O)N(S(=O)(=O)c2ccc3ccccc3c2)C1c1ccccc1. The maximum absolute atomic E-state index is 13.4. The molecule has 1 heterocycles. The second-order valence-electron chi connectivity index (χ2n) is 7.25. The molecule has 1 amide bonds. The summed E-state index contributed by atoms with van der Waals surface area (Å²) in [5, 5.41) is 1.81. The minimum Gasteiger partial charge on any atom is -0.273 e. The molecule has 4 rings (SSSR count). The average molecular weight is 394 g/mol. The molecule has 0 aromatic heterocycles. The van der Waals surface area contributed by atoms with Gasteiger partial charge < -0.3 is 0 Å². The molecule has 1 aliphatic rings. The van der Waals surface area contributed by atoms with Crippen molar-refractivity contribution in [2.24, 2.45) is 5.92 Å². The van der Waals surface area contributed by atoms with E-state index >= 15 is 0 Å². The van der Waals surface area contributed by atoms with Crippen LogP contribution in [0.25, 0.3) is 10.8 Å². The number of fused-ring (bicyclic) bond motifs is 1. The van der Waals surface area contributed by atoms with Crippen LogP contribution in [0.5, 0.6) is 0 Å². The van der Waals surface area contributed by atoms with Gasteiger partial charge in [0.15, 0.2) is 0 Å². The molecule has 0 N–H and O–H groups in total. The molecular formula is C23H23NO3S.